The SMILES string of the molecule is Cc1sc(NC(=O)C(CC(=O)O)NC(=O)OCC2c3ccccc3-c3ccccc32)c(C(=O)c2ccc(Cl)c(C(C)(C)C)c2)c1C. The third kappa shape index (κ3) is 6.71. The Morgan fingerprint density at radius 3 is 2.15 bits per heavy atom. The number of amides is 2. The van der Waals surface area contributed by atoms with Gasteiger partial charge in [0.25, 0.3) is 0 Å². The highest BCUT2D eigenvalue weighted by molar-refractivity contribution is 7.16. The van der Waals surface area contributed by atoms with Gasteiger partial charge in [0.05, 0.1) is 12.0 Å². The van der Waals surface area contributed by atoms with Gasteiger partial charge in [0.1, 0.15) is 17.6 Å². The van der Waals surface area contributed by atoms with Gasteiger partial charge in [-0.2, -0.15) is 0 Å². The van der Waals surface area contributed by atoms with E-state index in [0.717, 1.165) is 32.7 Å². The van der Waals surface area contributed by atoms with E-state index in [1.807, 2.05) is 76.2 Å². The van der Waals surface area contributed by atoms with Crippen LogP contribution in [0.25, 0.3) is 11.1 Å². The molecule has 1 heterocycles. The number of anilines is 1. The lowest BCUT2D eigenvalue weighted by Crippen LogP contribution is -2.45. The number of ether oxygens (including phenoxy) is 1. The molecule has 0 fully saturated rings. The van der Waals surface area contributed by atoms with Crippen molar-refractivity contribution in [3.63, 3.8) is 0 Å². The minimum absolute atomic E-state index is 0.000874. The normalized spacial score (nSPS) is 13.0. The molecular weight excluding hydrogens is 624 g/mol. The zero-order valence-corrected chi connectivity index (χ0v) is 27.8. The van der Waals surface area contributed by atoms with Gasteiger partial charge < -0.3 is 20.5 Å². The third-order valence-corrected chi connectivity index (χ3v) is 9.67. The molecule has 0 saturated heterocycles. The van der Waals surface area contributed by atoms with Crippen LogP contribution >= 0.6 is 22.9 Å². The number of alkyl carbamates (subject to hydrolysis) is 1. The van der Waals surface area contributed by atoms with Crippen molar-refractivity contribution < 1.29 is 29.0 Å². The molecule has 10 heteroatoms. The Morgan fingerprint density at radius 2 is 1.57 bits per heavy atom. The van der Waals surface area contributed by atoms with Crippen molar-refractivity contribution in [1.82, 2.24) is 5.32 Å². The zero-order valence-electron chi connectivity index (χ0n) is 26.2. The Morgan fingerprint density at radius 1 is 0.957 bits per heavy atom. The lowest BCUT2D eigenvalue weighted by atomic mass is 9.85. The quantitative estimate of drug-likeness (QED) is 0.157. The van der Waals surface area contributed by atoms with E-state index in [9.17, 15) is 24.3 Å². The van der Waals surface area contributed by atoms with E-state index < -0.39 is 30.4 Å². The molecule has 46 heavy (non-hydrogen) atoms. The van der Waals surface area contributed by atoms with Crippen LogP contribution in [0.1, 0.15) is 76.2 Å². The average Bonchev–Trinajstić information content (AvgIpc) is 3.47. The van der Waals surface area contributed by atoms with Crippen LogP contribution in [-0.4, -0.2) is 41.5 Å². The Hall–Kier alpha value is -4.47. The van der Waals surface area contributed by atoms with Gasteiger partial charge in [-0.1, -0.05) is 80.9 Å². The number of carboxylic acid groups (broad SMARTS) is 1. The highest BCUT2D eigenvalue weighted by Crippen LogP contribution is 2.44. The summed E-state index contributed by atoms with van der Waals surface area (Å²) in [5.74, 6) is -2.58. The summed E-state index contributed by atoms with van der Waals surface area (Å²) < 4.78 is 5.56. The van der Waals surface area contributed by atoms with Crippen LogP contribution in [-0.2, 0) is 19.7 Å². The van der Waals surface area contributed by atoms with Crippen molar-refractivity contribution in [3.05, 3.63) is 110 Å². The number of nitrogens with one attached hydrogen (secondary N) is 2. The molecule has 2 amide bonds. The molecule has 1 aliphatic rings. The molecule has 8 nitrogen and oxygen atoms in total. The molecular formula is C36H35ClN2O6S. The first kappa shape index (κ1) is 32.9. The summed E-state index contributed by atoms with van der Waals surface area (Å²) in [5.41, 5.74) is 6.07. The molecule has 5 rings (SSSR count). The van der Waals surface area contributed by atoms with E-state index in [-0.39, 0.29) is 28.7 Å². The van der Waals surface area contributed by atoms with Gasteiger partial charge in [-0.05, 0) is 70.8 Å². The number of hydrogen-bond acceptors (Lipinski definition) is 6. The fraction of sp³-hybridized carbons (Fsp3) is 0.278. The summed E-state index contributed by atoms with van der Waals surface area (Å²) in [5, 5.41) is 15.5. The van der Waals surface area contributed by atoms with E-state index >= 15 is 0 Å². The molecule has 1 aliphatic carbocycles. The smallest absolute Gasteiger partial charge is 0.407 e. The Balaban J connectivity index is 1.33. The maximum Gasteiger partial charge on any atom is 0.407 e. The van der Waals surface area contributed by atoms with E-state index in [1.165, 1.54) is 11.3 Å². The predicted molar refractivity (Wildman–Crippen MR) is 180 cm³/mol. The summed E-state index contributed by atoms with van der Waals surface area (Å²) in [6.45, 7) is 9.62. The van der Waals surface area contributed by atoms with Gasteiger partial charge in [-0.25, -0.2) is 4.79 Å². The third-order valence-electron chi connectivity index (χ3n) is 8.22. The molecule has 3 N–H and O–H groups in total. The van der Waals surface area contributed by atoms with E-state index in [4.69, 9.17) is 16.3 Å². The molecule has 0 radical (unpaired) electrons. The van der Waals surface area contributed by atoms with Crippen molar-refractivity contribution in [1.29, 1.82) is 0 Å². The number of ketones is 1. The first-order valence-electron chi connectivity index (χ1n) is 14.8. The van der Waals surface area contributed by atoms with E-state index in [2.05, 4.69) is 10.6 Å². The fourth-order valence-corrected chi connectivity index (χ4v) is 7.20. The number of hydrogen-bond donors (Lipinski definition) is 3. The molecule has 238 valence electrons. The summed E-state index contributed by atoms with van der Waals surface area (Å²) in [6.07, 6.45) is -1.61. The highest BCUT2D eigenvalue weighted by Gasteiger charge is 2.32. The molecule has 1 unspecified atom stereocenters. The predicted octanol–water partition coefficient (Wildman–Crippen LogP) is 7.87. The first-order valence-corrected chi connectivity index (χ1v) is 16.0. The number of rotatable bonds is 9. The highest BCUT2D eigenvalue weighted by atomic mass is 35.5. The monoisotopic (exact) mass is 658 g/mol. The summed E-state index contributed by atoms with van der Waals surface area (Å²) in [4.78, 5) is 52.8. The molecule has 0 spiro atoms. The average molecular weight is 659 g/mol. The molecule has 0 saturated carbocycles. The number of aryl methyl sites for hydroxylation is 1. The van der Waals surface area contributed by atoms with E-state index in [1.54, 1.807) is 25.1 Å². The van der Waals surface area contributed by atoms with Gasteiger partial charge in [-0.3, -0.25) is 14.4 Å². The Bertz CT molecular complexity index is 1810. The maximum atomic E-state index is 13.8. The van der Waals surface area contributed by atoms with Crippen molar-refractivity contribution in [3.8, 4) is 11.1 Å². The van der Waals surface area contributed by atoms with Crippen molar-refractivity contribution in [2.24, 2.45) is 0 Å². The van der Waals surface area contributed by atoms with Crippen molar-refractivity contribution in [2.75, 3.05) is 11.9 Å². The van der Waals surface area contributed by atoms with Gasteiger partial charge in [0.15, 0.2) is 5.78 Å². The number of carbonyl (C=O) groups excluding carboxylic acids is 3. The van der Waals surface area contributed by atoms with Crippen molar-refractivity contribution >= 4 is 51.7 Å². The second kappa shape index (κ2) is 13.1. The number of carbonyl (C=O) groups is 4. The number of aliphatic carboxylic acids is 1. The number of thiophene rings is 1. The standard InChI is InChI=1S/C36H35ClN2O6S/c1-19-20(2)46-34(31(19)32(42)21-14-15-28(37)27(16-21)36(3,4)5)39-33(43)29(17-30(40)41)38-35(44)45-18-26-24-12-8-6-10-22(24)23-11-7-9-13-25(23)26/h6-16,26,29H,17-18H2,1-5H3,(H,38,44)(H,39,43)(H,40,41). The number of benzene rings is 3. The molecule has 4 aromatic rings. The van der Waals surface area contributed by atoms with Crippen LogP contribution in [0.2, 0.25) is 5.02 Å². The van der Waals surface area contributed by atoms with Crippen LogP contribution in [0.4, 0.5) is 9.80 Å². The van der Waals surface area contributed by atoms with Gasteiger partial charge in [-0.15, -0.1) is 11.3 Å². The van der Waals surface area contributed by atoms with Gasteiger partial charge >= 0.3 is 12.1 Å². The second-order valence-corrected chi connectivity index (χ2v) is 14.0. The molecule has 0 bridgehead atoms. The number of carboxylic acids is 1. The van der Waals surface area contributed by atoms with E-state index in [0.29, 0.717) is 21.7 Å². The summed E-state index contributed by atoms with van der Waals surface area (Å²) in [6, 6.07) is 19.4. The minimum Gasteiger partial charge on any atom is -0.481 e. The first-order chi connectivity index (χ1) is 21.8. The minimum atomic E-state index is -1.46. The van der Waals surface area contributed by atoms with Crippen LogP contribution in [0.5, 0.6) is 0 Å². The number of fused-ring (bicyclic) bond motifs is 3. The Kier molecular flexibility index (Phi) is 9.37. The largest absolute Gasteiger partial charge is 0.481 e. The van der Waals surface area contributed by atoms with Crippen LogP contribution in [0.15, 0.2) is 66.7 Å². The lowest BCUT2D eigenvalue weighted by Gasteiger charge is -2.21. The van der Waals surface area contributed by atoms with Crippen molar-refractivity contribution in [2.45, 2.75) is 58.4 Å². The summed E-state index contributed by atoms with van der Waals surface area (Å²) >= 11 is 7.63. The topological polar surface area (TPSA) is 122 Å². The number of halogens is 1. The van der Waals surface area contributed by atoms with Gasteiger partial charge in [0, 0.05) is 21.4 Å². The zero-order chi connectivity index (χ0) is 33.3. The second-order valence-electron chi connectivity index (χ2n) is 12.4. The Labute approximate surface area is 276 Å². The fourth-order valence-electron chi connectivity index (χ4n) is 5.74. The molecule has 1 atom stereocenters. The van der Waals surface area contributed by atoms with Crippen LogP contribution < -0.4 is 10.6 Å². The molecule has 1 aromatic heterocycles. The molecule has 3 aromatic carbocycles. The maximum absolute atomic E-state index is 13.8. The summed E-state index contributed by atoms with van der Waals surface area (Å²) in [7, 11) is 0. The van der Waals surface area contributed by atoms with Gasteiger partial charge in [0.2, 0.25) is 5.91 Å². The lowest BCUT2D eigenvalue weighted by molar-refractivity contribution is -0.139. The molecule has 0 aliphatic heterocycles. The van der Waals surface area contributed by atoms with Crippen LogP contribution in [0.3, 0.4) is 0 Å². The van der Waals surface area contributed by atoms with Crippen LogP contribution in [0, 0.1) is 13.8 Å².